The molecule has 2 N–H and O–H groups in total. The monoisotopic (exact) mass is 388 g/mol. The number of fused-ring (bicyclic) bond motifs is 1. The van der Waals surface area contributed by atoms with Crippen LogP contribution in [0.25, 0.3) is 16.7 Å². The molecule has 0 bridgehead atoms. The van der Waals surface area contributed by atoms with Gasteiger partial charge in [-0.25, -0.2) is 17.8 Å². The Bertz CT molecular complexity index is 1120. The van der Waals surface area contributed by atoms with Gasteiger partial charge in [-0.1, -0.05) is 18.2 Å². The smallest absolute Gasteiger partial charge is 0.263 e. The average molecular weight is 388 g/mol. The van der Waals surface area contributed by atoms with Crippen molar-refractivity contribution in [2.45, 2.75) is 18.9 Å². The predicted molar refractivity (Wildman–Crippen MR) is 103 cm³/mol. The summed E-state index contributed by atoms with van der Waals surface area (Å²) in [5.41, 5.74) is 1.01. The molecule has 1 unspecified atom stereocenters. The van der Waals surface area contributed by atoms with Crippen LogP contribution < -0.4 is 15.2 Å². The summed E-state index contributed by atoms with van der Waals surface area (Å²) < 4.78 is 27.3. The predicted octanol–water partition coefficient (Wildman–Crippen LogP) is 0.627. The molecule has 1 aliphatic heterocycles. The first kappa shape index (κ1) is 17.7. The Balaban J connectivity index is 1.71. The van der Waals surface area contributed by atoms with Gasteiger partial charge in [0.05, 0.1) is 18.1 Å². The molecule has 1 atom stereocenters. The molecule has 1 fully saturated rings. The van der Waals surface area contributed by atoms with Crippen molar-refractivity contribution in [2.75, 3.05) is 24.2 Å². The zero-order valence-electron chi connectivity index (χ0n) is 14.8. The third-order valence-corrected chi connectivity index (χ3v) is 5.29. The molecule has 27 heavy (non-hydrogen) atoms. The fourth-order valence-electron chi connectivity index (χ4n) is 3.38. The molecular formula is C17H20N6O3S. The van der Waals surface area contributed by atoms with Gasteiger partial charge in [-0.2, -0.15) is 10.1 Å². The Kier molecular flexibility index (Phi) is 4.44. The Labute approximate surface area is 156 Å². The number of piperidine rings is 1. The molecule has 4 rings (SSSR count). The molecule has 3 heterocycles. The lowest BCUT2D eigenvalue weighted by molar-refractivity contribution is 0.463. The number of nitrogens with zero attached hydrogens (tertiary/aromatic N) is 4. The number of para-hydroxylation sites is 1. The molecule has 9 nitrogen and oxygen atoms in total. The van der Waals surface area contributed by atoms with E-state index in [-0.39, 0.29) is 11.6 Å². The Hall–Kier alpha value is -2.72. The van der Waals surface area contributed by atoms with E-state index in [2.05, 4.69) is 19.8 Å². The lowest BCUT2D eigenvalue weighted by Gasteiger charge is -2.33. The van der Waals surface area contributed by atoms with Crippen LogP contribution in [0.1, 0.15) is 12.8 Å². The number of aromatic nitrogens is 4. The van der Waals surface area contributed by atoms with E-state index in [9.17, 15) is 13.2 Å². The van der Waals surface area contributed by atoms with Gasteiger partial charge in [-0.3, -0.25) is 9.78 Å². The van der Waals surface area contributed by atoms with E-state index in [0.717, 1.165) is 24.8 Å². The van der Waals surface area contributed by atoms with Gasteiger partial charge in [0.25, 0.3) is 5.56 Å². The van der Waals surface area contributed by atoms with Gasteiger partial charge in [0.15, 0.2) is 5.65 Å². The topological polar surface area (TPSA) is 113 Å². The minimum Gasteiger partial charge on any atom is -0.341 e. The number of benzene rings is 1. The number of rotatable bonds is 4. The van der Waals surface area contributed by atoms with Crippen LogP contribution in [0, 0.1) is 0 Å². The van der Waals surface area contributed by atoms with E-state index in [4.69, 9.17) is 0 Å². The highest BCUT2D eigenvalue weighted by atomic mass is 32.2. The van der Waals surface area contributed by atoms with Crippen LogP contribution in [-0.4, -0.2) is 53.6 Å². The van der Waals surface area contributed by atoms with Crippen LogP contribution >= 0.6 is 0 Å². The SMILES string of the molecule is CS(=O)(=O)NC1CCCN(c2nc3c(cnn3-c3ccccc3)c(=O)[nH]2)C1. The fourth-order valence-corrected chi connectivity index (χ4v) is 4.18. The summed E-state index contributed by atoms with van der Waals surface area (Å²) in [6, 6.07) is 9.26. The van der Waals surface area contributed by atoms with Gasteiger partial charge in [0.1, 0.15) is 5.39 Å². The molecule has 0 aliphatic carbocycles. The van der Waals surface area contributed by atoms with E-state index < -0.39 is 10.0 Å². The number of anilines is 1. The summed E-state index contributed by atoms with van der Waals surface area (Å²) in [4.78, 5) is 21.8. The Morgan fingerprint density at radius 2 is 2.04 bits per heavy atom. The summed E-state index contributed by atoms with van der Waals surface area (Å²) in [6.45, 7) is 1.14. The highest BCUT2D eigenvalue weighted by Gasteiger charge is 2.24. The van der Waals surface area contributed by atoms with Crippen LogP contribution in [0.4, 0.5) is 5.95 Å². The first-order chi connectivity index (χ1) is 12.9. The summed E-state index contributed by atoms with van der Waals surface area (Å²) in [6.07, 6.45) is 4.20. The van der Waals surface area contributed by atoms with E-state index in [1.54, 1.807) is 4.68 Å². The summed E-state index contributed by atoms with van der Waals surface area (Å²) in [5.74, 6) is 0.421. The van der Waals surface area contributed by atoms with E-state index >= 15 is 0 Å². The van der Waals surface area contributed by atoms with Crippen molar-refractivity contribution in [1.29, 1.82) is 0 Å². The third kappa shape index (κ3) is 3.71. The number of H-pyrrole nitrogens is 1. The number of nitrogens with one attached hydrogen (secondary N) is 2. The second-order valence-corrected chi connectivity index (χ2v) is 8.47. The number of aromatic amines is 1. The van der Waals surface area contributed by atoms with Crippen molar-refractivity contribution in [1.82, 2.24) is 24.5 Å². The molecule has 1 aliphatic rings. The highest BCUT2D eigenvalue weighted by Crippen LogP contribution is 2.19. The molecule has 0 spiro atoms. The third-order valence-electron chi connectivity index (χ3n) is 4.53. The maximum atomic E-state index is 12.5. The second-order valence-electron chi connectivity index (χ2n) is 6.69. The maximum Gasteiger partial charge on any atom is 0.263 e. The van der Waals surface area contributed by atoms with Crippen LogP contribution in [0.2, 0.25) is 0 Å². The van der Waals surface area contributed by atoms with Crippen LogP contribution in [0.3, 0.4) is 0 Å². The average Bonchev–Trinajstić information content (AvgIpc) is 3.06. The lowest BCUT2D eigenvalue weighted by Crippen LogP contribution is -2.48. The van der Waals surface area contributed by atoms with Crippen LogP contribution in [0.15, 0.2) is 41.3 Å². The largest absolute Gasteiger partial charge is 0.341 e. The fraction of sp³-hybridized carbons (Fsp3) is 0.353. The number of hydrogen-bond acceptors (Lipinski definition) is 6. The van der Waals surface area contributed by atoms with Crippen molar-refractivity contribution in [2.24, 2.45) is 0 Å². The standard InChI is InChI=1S/C17H20N6O3S/c1-27(25,26)21-12-6-5-9-22(11-12)17-19-15-14(16(24)20-17)10-18-23(15)13-7-3-2-4-8-13/h2-4,7-8,10,12,21H,5-6,9,11H2,1H3,(H,19,20,24). The first-order valence-corrected chi connectivity index (χ1v) is 10.6. The normalized spacial score (nSPS) is 18.1. The van der Waals surface area contributed by atoms with Crippen LogP contribution in [0.5, 0.6) is 0 Å². The molecule has 0 saturated carbocycles. The van der Waals surface area contributed by atoms with Crippen molar-refractivity contribution in [3.8, 4) is 5.69 Å². The number of sulfonamides is 1. The minimum absolute atomic E-state index is 0.214. The van der Waals surface area contributed by atoms with Crippen molar-refractivity contribution < 1.29 is 8.42 Å². The summed E-state index contributed by atoms with van der Waals surface area (Å²) in [5, 5.41) is 4.71. The minimum atomic E-state index is -3.29. The molecule has 3 aromatic rings. The van der Waals surface area contributed by atoms with E-state index in [0.29, 0.717) is 30.1 Å². The zero-order valence-corrected chi connectivity index (χ0v) is 15.6. The van der Waals surface area contributed by atoms with Crippen molar-refractivity contribution >= 4 is 27.0 Å². The molecule has 2 aromatic heterocycles. The summed E-state index contributed by atoms with van der Waals surface area (Å²) >= 11 is 0. The molecule has 142 valence electrons. The van der Waals surface area contributed by atoms with Crippen LogP contribution in [-0.2, 0) is 10.0 Å². The van der Waals surface area contributed by atoms with Gasteiger partial charge >= 0.3 is 0 Å². The van der Waals surface area contributed by atoms with Gasteiger partial charge in [0, 0.05) is 19.1 Å². The van der Waals surface area contributed by atoms with Crippen molar-refractivity contribution in [3.05, 3.63) is 46.9 Å². The first-order valence-electron chi connectivity index (χ1n) is 8.66. The van der Waals surface area contributed by atoms with Gasteiger partial charge in [-0.05, 0) is 25.0 Å². The van der Waals surface area contributed by atoms with Gasteiger partial charge < -0.3 is 4.90 Å². The molecular weight excluding hydrogens is 368 g/mol. The van der Waals surface area contributed by atoms with E-state index in [1.165, 1.54) is 6.20 Å². The lowest BCUT2D eigenvalue weighted by atomic mass is 10.1. The second kappa shape index (κ2) is 6.78. The highest BCUT2D eigenvalue weighted by molar-refractivity contribution is 7.88. The van der Waals surface area contributed by atoms with Gasteiger partial charge in [0.2, 0.25) is 16.0 Å². The van der Waals surface area contributed by atoms with Crippen molar-refractivity contribution in [3.63, 3.8) is 0 Å². The molecule has 10 heteroatoms. The molecule has 1 saturated heterocycles. The Morgan fingerprint density at radius 1 is 1.26 bits per heavy atom. The Morgan fingerprint density at radius 3 is 2.78 bits per heavy atom. The molecule has 1 aromatic carbocycles. The number of hydrogen-bond donors (Lipinski definition) is 2. The zero-order chi connectivity index (χ0) is 19.0. The molecule has 0 radical (unpaired) electrons. The quantitative estimate of drug-likeness (QED) is 0.678. The maximum absolute atomic E-state index is 12.5. The van der Waals surface area contributed by atoms with E-state index in [1.807, 2.05) is 35.2 Å². The summed E-state index contributed by atoms with van der Waals surface area (Å²) in [7, 11) is -3.29. The molecule has 0 amide bonds. The van der Waals surface area contributed by atoms with Gasteiger partial charge in [-0.15, -0.1) is 0 Å².